The molecule has 0 spiro atoms. The second-order valence-corrected chi connectivity index (χ2v) is 12.4. The smallest absolute Gasteiger partial charge is 0.0229 e. The largest absolute Gasteiger partial charge is 0.311 e. The Bertz CT molecular complexity index is 367. The zero-order chi connectivity index (χ0) is 20.7. The van der Waals surface area contributed by atoms with Gasteiger partial charge in [-0.05, 0) is 58.4 Å². The summed E-state index contributed by atoms with van der Waals surface area (Å²) in [5.74, 6) is 0.819. The maximum atomic E-state index is 4.03. The first-order valence-electron chi connectivity index (χ1n) is 12.8. The molecule has 0 saturated heterocycles. The molecular formula is C26H52BrN. The highest BCUT2D eigenvalue weighted by atomic mass is 79.9. The second kappa shape index (κ2) is 15.3. The van der Waals surface area contributed by atoms with Crippen LogP contribution in [0.1, 0.15) is 143 Å². The Kier molecular flexibility index (Phi) is 14.4. The third-order valence-corrected chi connectivity index (χ3v) is 7.82. The monoisotopic (exact) mass is 457 g/mol. The van der Waals surface area contributed by atoms with Crippen molar-refractivity contribution in [1.82, 2.24) is 5.32 Å². The lowest BCUT2D eigenvalue weighted by molar-refractivity contribution is 0.263. The van der Waals surface area contributed by atoms with Gasteiger partial charge in [-0.15, -0.1) is 0 Å². The van der Waals surface area contributed by atoms with Crippen LogP contribution in [-0.2, 0) is 0 Å². The zero-order valence-corrected chi connectivity index (χ0v) is 21.5. The Morgan fingerprint density at radius 2 is 1.25 bits per heavy atom. The van der Waals surface area contributed by atoms with Crippen molar-refractivity contribution < 1.29 is 0 Å². The quantitative estimate of drug-likeness (QED) is 0.240. The van der Waals surface area contributed by atoms with E-state index in [1.807, 2.05) is 0 Å². The highest BCUT2D eigenvalue weighted by molar-refractivity contribution is 9.10. The summed E-state index contributed by atoms with van der Waals surface area (Å²) in [6, 6.07) is 0. The Labute approximate surface area is 186 Å². The number of unbranched alkanes of at least 4 members (excludes halogenated alkanes) is 6. The highest BCUT2D eigenvalue weighted by Crippen LogP contribution is 2.33. The number of rotatable bonds is 11. The van der Waals surface area contributed by atoms with Gasteiger partial charge in [0.1, 0.15) is 0 Å². The van der Waals surface area contributed by atoms with E-state index < -0.39 is 0 Å². The molecule has 0 aliphatic heterocycles. The van der Waals surface area contributed by atoms with Crippen LogP contribution in [-0.4, -0.2) is 16.4 Å². The van der Waals surface area contributed by atoms with Gasteiger partial charge in [-0.3, -0.25) is 0 Å². The molecular weight excluding hydrogens is 406 g/mol. The van der Waals surface area contributed by atoms with Crippen molar-refractivity contribution in [1.29, 1.82) is 0 Å². The molecule has 3 unspecified atom stereocenters. The Hall–Kier alpha value is 0.440. The number of hydrogen-bond donors (Lipinski definition) is 1. The van der Waals surface area contributed by atoms with Crippen LogP contribution in [0.25, 0.3) is 0 Å². The molecule has 0 aromatic carbocycles. The molecule has 1 rings (SSSR count). The van der Waals surface area contributed by atoms with Gasteiger partial charge in [0.25, 0.3) is 0 Å². The van der Waals surface area contributed by atoms with E-state index >= 15 is 0 Å². The van der Waals surface area contributed by atoms with Gasteiger partial charge in [0.05, 0.1) is 0 Å². The first-order valence-corrected chi connectivity index (χ1v) is 13.6. The first kappa shape index (κ1) is 26.5. The lowest BCUT2D eigenvalue weighted by atomic mass is 9.85. The number of halogens is 1. The summed E-state index contributed by atoms with van der Waals surface area (Å²) in [4.78, 5) is 0. The molecule has 0 aromatic rings. The lowest BCUT2D eigenvalue weighted by Gasteiger charge is -2.34. The fourth-order valence-electron chi connectivity index (χ4n) is 4.77. The Balaban J connectivity index is 2.27. The van der Waals surface area contributed by atoms with E-state index in [-0.39, 0.29) is 0 Å². The summed E-state index contributed by atoms with van der Waals surface area (Å²) < 4.78 is 0.376. The molecule has 28 heavy (non-hydrogen) atoms. The van der Waals surface area contributed by atoms with Gasteiger partial charge in [-0.1, -0.05) is 113 Å². The van der Waals surface area contributed by atoms with Gasteiger partial charge in [0.15, 0.2) is 0 Å². The molecule has 0 amide bonds. The minimum Gasteiger partial charge on any atom is -0.311 e. The summed E-state index contributed by atoms with van der Waals surface area (Å²) in [5, 5.41) is 4.03. The van der Waals surface area contributed by atoms with Crippen molar-refractivity contribution in [2.24, 2.45) is 5.92 Å². The summed E-state index contributed by atoms with van der Waals surface area (Å²) in [5.41, 5.74) is 0.357. The average Bonchev–Trinajstić information content (AvgIpc) is 2.65. The van der Waals surface area contributed by atoms with Crippen LogP contribution in [0.15, 0.2) is 0 Å². The van der Waals surface area contributed by atoms with Gasteiger partial charge in [0, 0.05) is 9.86 Å². The third-order valence-electron chi connectivity index (χ3n) is 7.03. The van der Waals surface area contributed by atoms with Crippen molar-refractivity contribution in [3.8, 4) is 0 Å². The molecule has 1 fully saturated rings. The maximum absolute atomic E-state index is 4.03. The standard InChI is InChI=1S/C26H52BrN/c1-5-6-7-8-9-10-13-18-24(2)23-28-26(4)21-15-12-11-14-19-25(3,27)20-16-17-22-26/h24,28H,5-23H2,1-4H3. The van der Waals surface area contributed by atoms with Gasteiger partial charge >= 0.3 is 0 Å². The Morgan fingerprint density at radius 1 is 0.750 bits per heavy atom. The first-order chi connectivity index (χ1) is 13.4. The predicted octanol–water partition coefficient (Wildman–Crippen LogP) is 9.18. The molecule has 1 saturated carbocycles. The zero-order valence-electron chi connectivity index (χ0n) is 19.9. The normalized spacial score (nSPS) is 29.0. The van der Waals surface area contributed by atoms with Crippen LogP contribution in [0.2, 0.25) is 0 Å². The molecule has 1 aliphatic carbocycles. The van der Waals surface area contributed by atoms with E-state index in [2.05, 4.69) is 48.9 Å². The Morgan fingerprint density at radius 3 is 1.89 bits per heavy atom. The summed E-state index contributed by atoms with van der Waals surface area (Å²) in [6.45, 7) is 10.9. The average molecular weight is 459 g/mol. The van der Waals surface area contributed by atoms with E-state index in [9.17, 15) is 0 Å². The molecule has 1 N–H and O–H groups in total. The van der Waals surface area contributed by atoms with E-state index in [1.54, 1.807) is 0 Å². The molecule has 0 heterocycles. The molecule has 2 heteroatoms. The predicted molar refractivity (Wildman–Crippen MR) is 132 cm³/mol. The van der Waals surface area contributed by atoms with Crippen molar-refractivity contribution in [3.63, 3.8) is 0 Å². The summed E-state index contributed by atoms with van der Waals surface area (Å²) in [7, 11) is 0. The molecule has 0 bridgehead atoms. The van der Waals surface area contributed by atoms with Crippen LogP contribution in [0.3, 0.4) is 0 Å². The van der Waals surface area contributed by atoms with Gasteiger partial charge < -0.3 is 5.32 Å². The van der Waals surface area contributed by atoms with Crippen LogP contribution in [0, 0.1) is 5.92 Å². The summed E-state index contributed by atoms with van der Waals surface area (Å²) >= 11 is 3.99. The minimum absolute atomic E-state index is 0.357. The van der Waals surface area contributed by atoms with Crippen LogP contribution >= 0.6 is 15.9 Å². The molecule has 168 valence electrons. The SMILES string of the molecule is CCCCCCCCCC(C)CNC1(C)CCCCCCC(C)(Br)CCCC1. The van der Waals surface area contributed by atoms with E-state index in [4.69, 9.17) is 0 Å². The minimum atomic E-state index is 0.357. The van der Waals surface area contributed by atoms with Crippen molar-refractivity contribution in [2.75, 3.05) is 6.54 Å². The molecule has 0 radical (unpaired) electrons. The van der Waals surface area contributed by atoms with E-state index in [0.29, 0.717) is 9.86 Å². The lowest BCUT2D eigenvalue weighted by Crippen LogP contribution is -2.44. The second-order valence-electron chi connectivity index (χ2n) is 10.5. The number of alkyl halides is 1. The summed E-state index contributed by atoms with van der Waals surface area (Å²) in [6.07, 6.45) is 25.1. The fraction of sp³-hybridized carbons (Fsp3) is 1.00. The van der Waals surface area contributed by atoms with Gasteiger partial charge in [0.2, 0.25) is 0 Å². The number of nitrogens with one attached hydrogen (secondary N) is 1. The maximum Gasteiger partial charge on any atom is 0.0229 e. The third kappa shape index (κ3) is 13.6. The van der Waals surface area contributed by atoms with Crippen molar-refractivity contribution in [2.45, 2.75) is 153 Å². The molecule has 1 nitrogen and oxygen atoms in total. The van der Waals surface area contributed by atoms with Crippen molar-refractivity contribution in [3.05, 3.63) is 0 Å². The fourth-order valence-corrected chi connectivity index (χ4v) is 5.33. The van der Waals surface area contributed by atoms with Crippen molar-refractivity contribution >= 4 is 15.9 Å². The van der Waals surface area contributed by atoms with Crippen LogP contribution in [0.5, 0.6) is 0 Å². The van der Waals surface area contributed by atoms with E-state index in [0.717, 1.165) is 5.92 Å². The number of hydrogen-bond acceptors (Lipinski definition) is 1. The van der Waals surface area contributed by atoms with Crippen LogP contribution < -0.4 is 5.32 Å². The van der Waals surface area contributed by atoms with Gasteiger partial charge in [-0.2, -0.15) is 0 Å². The van der Waals surface area contributed by atoms with Gasteiger partial charge in [-0.25, -0.2) is 0 Å². The molecule has 1 aliphatic rings. The molecule has 0 aromatic heterocycles. The van der Waals surface area contributed by atoms with E-state index in [1.165, 1.54) is 122 Å². The highest BCUT2D eigenvalue weighted by Gasteiger charge is 2.25. The van der Waals surface area contributed by atoms with Crippen LogP contribution in [0.4, 0.5) is 0 Å². The topological polar surface area (TPSA) is 12.0 Å². The molecule has 3 atom stereocenters.